The van der Waals surface area contributed by atoms with Crippen molar-refractivity contribution in [3.63, 3.8) is 0 Å². The molecular formula is C17H28. The molecule has 0 heterocycles. The molecule has 0 aromatic heterocycles. The van der Waals surface area contributed by atoms with Gasteiger partial charge < -0.3 is 0 Å². The van der Waals surface area contributed by atoms with E-state index in [1.165, 1.54) is 51.4 Å². The van der Waals surface area contributed by atoms with Crippen LogP contribution in [0.1, 0.15) is 65.2 Å². The van der Waals surface area contributed by atoms with Crippen molar-refractivity contribution in [3.05, 3.63) is 23.8 Å². The Morgan fingerprint density at radius 2 is 1.82 bits per heavy atom. The summed E-state index contributed by atoms with van der Waals surface area (Å²) in [5, 5.41) is 0. The van der Waals surface area contributed by atoms with Crippen LogP contribution < -0.4 is 0 Å². The third-order valence-electron chi connectivity index (χ3n) is 4.63. The van der Waals surface area contributed by atoms with Crippen LogP contribution in [0.4, 0.5) is 0 Å². The van der Waals surface area contributed by atoms with Crippen molar-refractivity contribution in [2.75, 3.05) is 0 Å². The van der Waals surface area contributed by atoms with Crippen LogP contribution in [0.2, 0.25) is 0 Å². The largest absolute Gasteiger partial charge is 0.0845 e. The fraction of sp³-hybridized carbons (Fsp3) is 0.765. The van der Waals surface area contributed by atoms with Gasteiger partial charge in [-0.25, -0.2) is 0 Å². The fourth-order valence-corrected chi connectivity index (χ4v) is 3.59. The van der Waals surface area contributed by atoms with Crippen molar-refractivity contribution in [1.29, 1.82) is 0 Å². The lowest BCUT2D eigenvalue weighted by atomic mass is 9.86. The molecule has 2 aliphatic rings. The Balaban J connectivity index is 2.10. The summed E-state index contributed by atoms with van der Waals surface area (Å²) in [7, 11) is 0. The molecule has 0 aromatic rings. The summed E-state index contributed by atoms with van der Waals surface area (Å²) in [5.41, 5.74) is 1.78. The smallest absolute Gasteiger partial charge is 0.0174 e. The van der Waals surface area contributed by atoms with Gasteiger partial charge in [-0.05, 0) is 49.9 Å². The van der Waals surface area contributed by atoms with Gasteiger partial charge in [0.15, 0.2) is 0 Å². The maximum atomic E-state index is 2.47. The quantitative estimate of drug-likeness (QED) is 0.559. The van der Waals surface area contributed by atoms with Gasteiger partial charge in [-0.15, -0.1) is 0 Å². The van der Waals surface area contributed by atoms with Gasteiger partial charge in [-0.1, -0.05) is 56.9 Å². The number of fused-ring (bicyclic) bond motifs is 1. The van der Waals surface area contributed by atoms with Crippen LogP contribution in [0.15, 0.2) is 23.8 Å². The zero-order valence-electron chi connectivity index (χ0n) is 11.6. The lowest BCUT2D eigenvalue weighted by Gasteiger charge is -2.19. The summed E-state index contributed by atoms with van der Waals surface area (Å²) >= 11 is 0. The van der Waals surface area contributed by atoms with Gasteiger partial charge in [0.25, 0.3) is 0 Å². The number of allylic oxidation sites excluding steroid dienone is 4. The summed E-state index contributed by atoms with van der Waals surface area (Å²) in [4.78, 5) is 0. The van der Waals surface area contributed by atoms with Crippen LogP contribution >= 0.6 is 0 Å². The molecule has 0 spiro atoms. The molecule has 2 atom stereocenters. The Bertz CT molecular complexity index is 282. The normalized spacial score (nSPS) is 35.8. The Morgan fingerprint density at radius 3 is 2.65 bits per heavy atom. The van der Waals surface area contributed by atoms with Crippen molar-refractivity contribution in [2.45, 2.75) is 65.2 Å². The van der Waals surface area contributed by atoms with Crippen molar-refractivity contribution in [2.24, 2.45) is 17.8 Å². The van der Waals surface area contributed by atoms with Gasteiger partial charge in [0.2, 0.25) is 0 Å². The molecule has 0 saturated heterocycles. The highest BCUT2D eigenvalue weighted by Crippen LogP contribution is 2.43. The van der Waals surface area contributed by atoms with E-state index in [1.807, 2.05) is 0 Å². The standard InChI is InChI=1S/C17H28/c1-14(2)16-13-12-15-10-8-6-4-3-5-7-9-11-17(15)16/h7,9,11,14-16H,3-6,8,10,12-13H2,1-2H3/b9-7-,17-11+. The number of hydrogen-bond acceptors (Lipinski definition) is 0. The van der Waals surface area contributed by atoms with E-state index in [-0.39, 0.29) is 0 Å². The topological polar surface area (TPSA) is 0 Å². The van der Waals surface area contributed by atoms with Gasteiger partial charge in [-0.2, -0.15) is 0 Å². The Kier molecular flexibility index (Phi) is 4.88. The molecule has 0 nitrogen and oxygen atoms in total. The lowest BCUT2D eigenvalue weighted by molar-refractivity contribution is 0.451. The summed E-state index contributed by atoms with van der Waals surface area (Å²) in [6, 6.07) is 0. The SMILES string of the molecule is CC(C)C1CCC2CCCCCC/C=C\C=C/21. The Labute approximate surface area is 107 Å². The minimum absolute atomic E-state index is 0.824. The second-order valence-electron chi connectivity index (χ2n) is 6.21. The van der Waals surface area contributed by atoms with E-state index in [2.05, 4.69) is 32.1 Å². The molecule has 17 heavy (non-hydrogen) atoms. The first-order valence-electron chi connectivity index (χ1n) is 7.65. The predicted octanol–water partition coefficient (Wildman–Crippen LogP) is 5.51. The average Bonchev–Trinajstić information content (AvgIpc) is 2.68. The lowest BCUT2D eigenvalue weighted by Crippen LogP contribution is -2.08. The van der Waals surface area contributed by atoms with Gasteiger partial charge in [-0.3, -0.25) is 0 Å². The van der Waals surface area contributed by atoms with E-state index >= 15 is 0 Å². The third kappa shape index (κ3) is 3.47. The van der Waals surface area contributed by atoms with Gasteiger partial charge in [0, 0.05) is 0 Å². The van der Waals surface area contributed by atoms with Crippen LogP contribution in [0.25, 0.3) is 0 Å². The minimum Gasteiger partial charge on any atom is -0.0845 e. The summed E-state index contributed by atoms with van der Waals surface area (Å²) in [6.07, 6.45) is 18.5. The van der Waals surface area contributed by atoms with Crippen LogP contribution in [-0.4, -0.2) is 0 Å². The van der Waals surface area contributed by atoms with Gasteiger partial charge in [0.05, 0.1) is 0 Å². The molecule has 2 unspecified atom stereocenters. The molecule has 1 saturated carbocycles. The van der Waals surface area contributed by atoms with Crippen LogP contribution in [-0.2, 0) is 0 Å². The molecule has 2 rings (SSSR count). The van der Waals surface area contributed by atoms with E-state index in [1.54, 1.807) is 5.57 Å². The average molecular weight is 232 g/mol. The van der Waals surface area contributed by atoms with Crippen molar-refractivity contribution < 1.29 is 0 Å². The molecular weight excluding hydrogens is 204 g/mol. The van der Waals surface area contributed by atoms with Gasteiger partial charge >= 0.3 is 0 Å². The van der Waals surface area contributed by atoms with Crippen LogP contribution in [0.3, 0.4) is 0 Å². The minimum atomic E-state index is 0.824. The zero-order valence-corrected chi connectivity index (χ0v) is 11.6. The highest BCUT2D eigenvalue weighted by Gasteiger charge is 2.31. The monoisotopic (exact) mass is 232 g/mol. The number of rotatable bonds is 1. The van der Waals surface area contributed by atoms with Crippen molar-refractivity contribution in [1.82, 2.24) is 0 Å². The molecule has 0 aliphatic heterocycles. The van der Waals surface area contributed by atoms with Crippen LogP contribution in [0, 0.1) is 17.8 Å². The highest BCUT2D eigenvalue weighted by atomic mass is 14.4. The Hall–Kier alpha value is -0.520. The second kappa shape index (κ2) is 6.42. The maximum absolute atomic E-state index is 2.47. The van der Waals surface area contributed by atoms with E-state index < -0.39 is 0 Å². The predicted molar refractivity (Wildman–Crippen MR) is 76.0 cm³/mol. The molecule has 96 valence electrons. The first-order chi connectivity index (χ1) is 8.29. The fourth-order valence-electron chi connectivity index (χ4n) is 3.59. The molecule has 0 N–H and O–H groups in total. The van der Waals surface area contributed by atoms with E-state index in [0.717, 1.165) is 17.8 Å². The van der Waals surface area contributed by atoms with E-state index in [0.29, 0.717) is 0 Å². The second-order valence-corrected chi connectivity index (χ2v) is 6.21. The molecule has 0 bridgehead atoms. The van der Waals surface area contributed by atoms with E-state index in [4.69, 9.17) is 0 Å². The first kappa shape index (κ1) is 12.9. The van der Waals surface area contributed by atoms with Crippen LogP contribution in [0.5, 0.6) is 0 Å². The molecule has 0 amide bonds. The molecule has 2 aliphatic carbocycles. The maximum Gasteiger partial charge on any atom is -0.0174 e. The molecule has 0 aromatic carbocycles. The zero-order chi connectivity index (χ0) is 12.1. The molecule has 1 fully saturated rings. The van der Waals surface area contributed by atoms with Gasteiger partial charge in [0.1, 0.15) is 0 Å². The number of hydrogen-bond donors (Lipinski definition) is 0. The third-order valence-corrected chi connectivity index (χ3v) is 4.63. The highest BCUT2D eigenvalue weighted by molar-refractivity contribution is 5.22. The summed E-state index contributed by atoms with van der Waals surface area (Å²) in [5.74, 6) is 2.60. The molecule has 0 heteroatoms. The van der Waals surface area contributed by atoms with Crippen molar-refractivity contribution in [3.8, 4) is 0 Å². The van der Waals surface area contributed by atoms with Crippen molar-refractivity contribution >= 4 is 0 Å². The summed E-state index contributed by atoms with van der Waals surface area (Å²) < 4.78 is 0. The van der Waals surface area contributed by atoms with E-state index in [9.17, 15) is 0 Å². The summed E-state index contributed by atoms with van der Waals surface area (Å²) in [6.45, 7) is 4.78. The first-order valence-corrected chi connectivity index (χ1v) is 7.65. The Morgan fingerprint density at radius 1 is 1.00 bits per heavy atom. The molecule has 0 radical (unpaired) electrons.